The SMILES string of the molecule is CN(CCn1nc(-c2ccc(Oc3c(F)c(F)cc(F)c3F)cc2F)c2c(N)ncnc21)C(=O)/C=C\C=O. The van der Waals surface area contributed by atoms with Crippen molar-refractivity contribution in [2.75, 3.05) is 19.3 Å². The van der Waals surface area contributed by atoms with E-state index in [-0.39, 0.29) is 47.3 Å². The molecule has 0 bridgehead atoms. The number of nitrogen functional groups attached to an aromatic ring is 1. The van der Waals surface area contributed by atoms with Gasteiger partial charge in [0.1, 0.15) is 35.7 Å². The summed E-state index contributed by atoms with van der Waals surface area (Å²) in [6.45, 7) is 0.245. The van der Waals surface area contributed by atoms with E-state index in [1.807, 2.05) is 0 Å². The average Bonchev–Trinajstić information content (AvgIpc) is 3.26. The van der Waals surface area contributed by atoms with Gasteiger partial charge in [0.25, 0.3) is 0 Å². The molecule has 0 radical (unpaired) electrons. The van der Waals surface area contributed by atoms with Gasteiger partial charge in [0.2, 0.25) is 23.3 Å². The van der Waals surface area contributed by atoms with Gasteiger partial charge >= 0.3 is 0 Å². The van der Waals surface area contributed by atoms with Gasteiger partial charge in [-0.2, -0.15) is 13.9 Å². The number of halogens is 5. The molecule has 0 saturated heterocycles. The molecule has 38 heavy (non-hydrogen) atoms. The van der Waals surface area contributed by atoms with E-state index in [9.17, 15) is 27.2 Å². The van der Waals surface area contributed by atoms with E-state index in [1.54, 1.807) is 0 Å². The highest BCUT2D eigenvalue weighted by molar-refractivity contribution is 5.98. The first-order chi connectivity index (χ1) is 18.1. The first kappa shape index (κ1) is 26.2. The number of nitrogens with zero attached hydrogens (tertiary/aromatic N) is 5. The summed E-state index contributed by atoms with van der Waals surface area (Å²) in [5.41, 5.74) is 6.13. The van der Waals surface area contributed by atoms with Crippen LogP contribution in [0.25, 0.3) is 22.3 Å². The third-order valence-electron chi connectivity index (χ3n) is 5.39. The standard InChI is InChI=1S/C24H17F5N6O3/c1-34(17(37)3-2-8-36)6-7-35-24-18(23(30)31-11-32-24)21(33-35)13-5-4-12(9-14(13)25)38-22-19(28)15(26)10-16(27)20(22)29/h2-5,8-11H,6-7H2,1H3,(H2,30,31,32)/b3-2-. The fraction of sp³-hybridized carbons (Fsp3) is 0.125. The second-order valence-electron chi connectivity index (χ2n) is 7.83. The molecule has 1 amide bonds. The molecule has 14 heteroatoms. The Morgan fingerprint density at radius 2 is 1.79 bits per heavy atom. The van der Waals surface area contributed by atoms with Crippen LogP contribution in [0.5, 0.6) is 11.5 Å². The van der Waals surface area contributed by atoms with Crippen LogP contribution in [0.1, 0.15) is 0 Å². The van der Waals surface area contributed by atoms with Crippen LogP contribution in [0.4, 0.5) is 27.8 Å². The van der Waals surface area contributed by atoms with Gasteiger partial charge in [-0.25, -0.2) is 27.8 Å². The summed E-state index contributed by atoms with van der Waals surface area (Å²) in [7, 11) is 1.50. The third-order valence-corrected chi connectivity index (χ3v) is 5.39. The Morgan fingerprint density at radius 3 is 2.45 bits per heavy atom. The molecule has 0 atom stereocenters. The lowest BCUT2D eigenvalue weighted by atomic mass is 10.1. The van der Waals surface area contributed by atoms with Crippen molar-refractivity contribution in [1.29, 1.82) is 0 Å². The Kier molecular flexibility index (Phi) is 7.32. The van der Waals surface area contributed by atoms with Crippen molar-refractivity contribution in [2.24, 2.45) is 0 Å². The van der Waals surface area contributed by atoms with Gasteiger partial charge < -0.3 is 15.4 Å². The predicted octanol–water partition coefficient (Wildman–Crippen LogP) is 3.78. The smallest absolute Gasteiger partial charge is 0.246 e. The van der Waals surface area contributed by atoms with Crippen molar-refractivity contribution in [1.82, 2.24) is 24.6 Å². The Hall–Kier alpha value is -4.88. The summed E-state index contributed by atoms with van der Waals surface area (Å²) in [4.78, 5) is 31.8. The quantitative estimate of drug-likeness (QED) is 0.159. The van der Waals surface area contributed by atoms with Crippen LogP contribution in [-0.4, -0.2) is 50.4 Å². The van der Waals surface area contributed by atoms with Gasteiger partial charge in [-0.05, 0) is 18.2 Å². The second-order valence-corrected chi connectivity index (χ2v) is 7.83. The van der Waals surface area contributed by atoms with Crippen LogP contribution in [-0.2, 0) is 16.1 Å². The molecule has 2 N–H and O–H groups in total. The normalized spacial score (nSPS) is 11.3. The number of fused-ring (bicyclic) bond motifs is 1. The van der Waals surface area contributed by atoms with E-state index < -0.39 is 46.5 Å². The maximum Gasteiger partial charge on any atom is 0.246 e. The summed E-state index contributed by atoms with van der Waals surface area (Å²) in [5, 5.41) is 4.56. The zero-order valence-corrected chi connectivity index (χ0v) is 19.5. The fourth-order valence-corrected chi connectivity index (χ4v) is 3.49. The minimum absolute atomic E-state index is 0.0185. The van der Waals surface area contributed by atoms with Crippen LogP contribution in [0.15, 0.2) is 42.7 Å². The number of anilines is 1. The van der Waals surface area contributed by atoms with Gasteiger partial charge in [-0.3, -0.25) is 9.59 Å². The van der Waals surface area contributed by atoms with Crippen molar-refractivity contribution in [3.63, 3.8) is 0 Å². The largest absolute Gasteiger partial charge is 0.451 e. The Morgan fingerprint density at radius 1 is 1.08 bits per heavy atom. The van der Waals surface area contributed by atoms with Crippen molar-refractivity contribution >= 4 is 29.0 Å². The molecule has 4 rings (SSSR count). The summed E-state index contributed by atoms with van der Waals surface area (Å²) in [6.07, 6.45) is 3.79. The highest BCUT2D eigenvalue weighted by Crippen LogP contribution is 2.35. The number of allylic oxidation sites excluding steroid dienone is 1. The molecule has 0 saturated carbocycles. The lowest BCUT2D eigenvalue weighted by Gasteiger charge is -2.14. The highest BCUT2D eigenvalue weighted by atomic mass is 19.2. The van der Waals surface area contributed by atoms with Crippen LogP contribution in [0.2, 0.25) is 0 Å². The van der Waals surface area contributed by atoms with Gasteiger partial charge in [0.05, 0.1) is 11.9 Å². The van der Waals surface area contributed by atoms with Crippen LogP contribution in [0.3, 0.4) is 0 Å². The van der Waals surface area contributed by atoms with E-state index in [2.05, 4.69) is 15.1 Å². The molecule has 0 unspecified atom stereocenters. The van der Waals surface area contributed by atoms with Gasteiger partial charge in [-0.1, -0.05) is 0 Å². The molecular formula is C24H17F5N6O3. The summed E-state index contributed by atoms with van der Waals surface area (Å²) in [6, 6.07) is 3.03. The number of likely N-dealkylation sites (N-methyl/N-ethyl adjacent to an activating group) is 1. The van der Waals surface area contributed by atoms with E-state index in [0.717, 1.165) is 30.4 Å². The van der Waals surface area contributed by atoms with E-state index in [1.165, 1.54) is 23.0 Å². The molecule has 9 nitrogen and oxygen atoms in total. The third kappa shape index (κ3) is 5.00. The van der Waals surface area contributed by atoms with Crippen molar-refractivity contribution in [3.05, 3.63) is 71.8 Å². The molecule has 0 fully saturated rings. The average molecular weight is 532 g/mol. The molecule has 2 aromatic heterocycles. The molecule has 2 aromatic carbocycles. The number of hydrogen-bond donors (Lipinski definition) is 1. The van der Waals surface area contributed by atoms with Gasteiger partial charge in [0.15, 0.2) is 17.3 Å². The van der Waals surface area contributed by atoms with Crippen molar-refractivity contribution < 1.29 is 36.3 Å². The zero-order valence-electron chi connectivity index (χ0n) is 19.5. The number of carbonyl (C=O) groups excluding carboxylic acids is 2. The molecule has 2 heterocycles. The lowest BCUT2D eigenvalue weighted by molar-refractivity contribution is -0.125. The molecule has 0 aliphatic carbocycles. The van der Waals surface area contributed by atoms with Gasteiger partial charge in [-0.15, -0.1) is 0 Å². The van der Waals surface area contributed by atoms with Crippen LogP contribution < -0.4 is 10.5 Å². The zero-order chi connectivity index (χ0) is 27.6. The fourth-order valence-electron chi connectivity index (χ4n) is 3.49. The number of carbonyl (C=O) groups is 2. The van der Waals surface area contributed by atoms with Crippen LogP contribution in [0, 0.1) is 29.1 Å². The molecule has 0 spiro atoms. The Labute approximate surface area is 211 Å². The number of ether oxygens (including phenoxy) is 1. The molecular weight excluding hydrogens is 515 g/mol. The highest BCUT2D eigenvalue weighted by Gasteiger charge is 2.23. The first-order valence-electron chi connectivity index (χ1n) is 10.8. The topological polar surface area (TPSA) is 116 Å². The number of aromatic nitrogens is 4. The summed E-state index contributed by atoms with van der Waals surface area (Å²) in [5.74, 6) is -10.2. The maximum absolute atomic E-state index is 15.2. The second kappa shape index (κ2) is 10.6. The Balaban J connectivity index is 1.68. The number of aldehydes is 1. The lowest BCUT2D eigenvalue weighted by Crippen LogP contribution is -2.28. The number of rotatable bonds is 8. The van der Waals surface area contributed by atoms with Crippen molar-refractivity contribution in [3.8, 4) is 22.8 Å². The number of hydrogen-bond acceptors (Lipinski definition) is 7. The predicted molar refractivity (Wildman–Crippen MR) is 124 cm³/mol. The molecule has 196 valence electrons. The van der Waals surface area contributed by atoms with Gasteiger partial charge in [0, 0.05) is 37.4 Å². The maximum atomic E-state index is 15.2. The minimum Gasteiger partial charge on any atom is -0.451 e. The number of amides is 1. The summed E-state index contributed by atoms with van der Waals surface area (Å²) >= 11 is 0. The van der Waals surface area contributed by atoms with Crippen molar-refractivity contribution in [2.45, 2.75) is 6.54 Å². The monoisotopic (exact) mass is 532 g/mol. The summed E-state index contributed by atoms with van der Waals surface area (Å²) < 4.78 is 76.3. The first-order valence-corrected chi connectivity index (χ1v) is 10.8. The Bertz CT molecular complexity index is 1560. The minimum atomic E-state index is -1.78. The number of nitrogens with two attached hydrogens (primary N) is 1. The molecule has 0 aliphatic heterocycles. The van der Waals surface area contributed by atoms with E-state index in [4.69, 9.17) is 10.5 Å². The molecule has 0 aliphatic rings. The number of benzene rings is 2. The molecule has 4 aromatic rings. The van der Waals surface area contributed by atoms with E-state index in [0.29, 0.717) is 6.29 Å². The van der Waals surface area contributed by atoms with E-state index >= 15 is 4.39 Å². The van der Waals surface area contributed by atoms with Crippen LogP contribution >= 0.6 is 0 Å².